The van der Waals surface area contributed by atoms with Crippen LogP contribution in [0.2, 0.25) is 0 Å². The number of nitrogens with one attached hydrogen (secondary N) is 1. The quantitative estimate of drug-likeness (QED) is 0.924. The zero-order valence-corrected chi connectivity index (χ0v) is 13.9. The molecule has 2 heterocycles. The van der Waals surface area contributed by atoms with Crippen LogP contribution >= 0.6 is 0 Å². The highest BCUT2D eigenvalue weighted by molar-refractivity contribution is 5.96. The maximum absolute atomic E-state index is 12.5. The average Bonchev–Trinajstić information content (AvgIpc) is 2.90. The fourth-order valence-corrected chi connectivity index (χ4v) is 3.72. The second-order valence-corrected chi connectivity index (χ2v) is 6.76. The molecule has 1 aromatic carbocycles. The summed E-state index contributed by atoms with van der Waals surface area (Å²) in [6.45, 7) is 4.14. The second-order valence-electron chi connectivity index (χ2n) is 6.76. The van der Waals surface area contributed by atoms with E-state index in [2.05, 4.69) is 16.3 Å². The molecule has 0 radical (unpaired) electrons. The molecule has 5 heteroatoms. The van der Waals surface area contributed by atoms with E-state index in [4.69, 9.17) is 0 Å². The highest BCUT2D eigenvalue weighted by atomic mass is 16.2. The Labute approximate surface area is 137 Å². The lowest BCUT2D eigenvalue weighted by Crippen LogP contribution is -2.43. The molecule has 2 aliphatic heterocycles. The van der Waals surface area contributed by atoms with Crippen LogP contribution in [0.3, 0.4) is 0 Å². The predicted molar refractivity (Wildman–Crippen MR) is 90.2 cm³/mol. The molecule has 2 atom stereocenters. The first-order chi connectivity index (χ1) is 11.0. The van der Waals surface area contributed by atoms with E-state index in [9.17, 15) is 9.59 Å². The number of benzene rings is 1. The summed E-state index contributed by atoms with van der Waals surface area (Å²) in [5, 5.41) is 3.06. The van der Waals surface area contributed by atoms with Gasteiger partial charge in [-0.3, -0.25) is 14.5 Å². The van der Waals surface area contributed by atoms with Gasteiger partial charge in [-0.2, -0.15) is 0 Å². The molecule has 0 aliphatic carbocycles. The Morgan fingerprint density at radius 1 is 1.35 bits per heavy atom. The smallest absolute Gasteiger partial charge is 0.241 e. The number of hydrogen-bond acceptors (Lipinski definition) is 3. The van der Waals surface area contributed by atoms with Crippen molar-refractivity contribution < 1.29 is 9.59 Å². The zero-order valence-electron chi connectivity index (χ0n) is 13.9. The zero-order chi connectivity index (χ0) is 16.4. The monoisotopic (exact) mass is 315 g/mol. The molecule has 2 amide bonds. The minimum absolute atomic E-state index is 0.0823. The van der Waals surface area contributed by atoms with Gasteiger partial charge in [0.1, 0.15) is 0 Å². The molecule has 0 saturated carbocycles. The third kappa shape index (κ3) is 3.55. The summed E-state index contributed by atoms with van der Waals surface area (Å²) in [5.74, 6) is 0.694. The normalized spacial score (nSPS) is 24.3. The van der Waals surface area contributed by atoms with E-state index in [0.717, 1.165) is 44.6 Å². The molecule has 1 aromatic rings. The SMILES string of the molecule is CC(=O)N1CC[C@@H](CN(C)[C@H]2CCc3ccccc3NC2=O)C1. The largest absolute Gasteiger partial charge is 0.343 e. The van der Waals surface area contributed by atoms with Crippen molar-refractivity contribution in [3.63, 3.8) is 0 Å². The van der Waals surface area contributed by atoms with E-state index in [1.807, 2.05) is 30.1 Å². The maximum atomic E-state index is 12.5. The molecule has 3 rings (SSSR count). The number of carbonyl (C=O) groups is 2. The molecule has 1 N–H and O–H groups in total. The Bertz CT molecular complexity index is 602. The number of carbonyl (C=O) groups excluding carboxylic acids is 2. The second kappa shape index (κ2) is 6.71. The average molecular weight is 315 g/mol. The van der Waals surface area contributed by atoms with Gasteiger partial charge in [-0.25, -0.2) is 0 Å². The fourth-order valence-electron chi connectivity index (χ4n) is 3.72. The lowest BCUT2D eigenvalue weighted by molar-refractivity contribution is -0.128. The van der Waals surface area contributed by atoms with Crippen molar-refractivity contribution in [2.75, 3.05) is 32.0 Å². The summed E-state index contributed by atoms with van der Waals surface area (Å²) < 4.78 is 0. The van der Waals surface area contributed by atoms with Crippen molar-refractivity contribution >= 4 is 17.5 Å². The highest BCUT2D eigenvalue weighted by Gasteiger charge is 2.31. The Morgan fingerprint density at radius 2 is 2.13 bits per heavy atom. The third-order valence-corrected chi connectivity index (χ3v) is 5.07. The number of hydrogen-bond donors (Lipinski definition) is 1. The van der Waals surface area contributed by atoms with Crippen molar-refractivity contribution in [1.82, 2.24) is 9.80 Å². The van der Waals surface area contributed by atoms with Gasteiger partial charge < -0.3 is 10.2 Å². The molecule has 0 aromatic heterocycles. The molecule has 1 fully saturated rings. The number of fused-ring (bicyclic) bond motifs is 1. The van der Waals surface area contributed by atoms with Crippen molar-refractivity contribution in [3.8, 4) is 0 Å². The number of likely N-dealkylation sites (N-methyl/N-ethyl adjacent to an activating group) is 1. The van der Waals surface area contributed by atoms with E-state index in [-0.39, 0.29) is 17.9 Å². The number of aryl methyl sites for hydroxylation is 1. The van der Waals surface area contributed by atoms with Crippen LogP contribution in [0.25, 0.3) is 0 Å². The van der Waals surface area contributed by atoms with Crippen LogP contribution < -0.4 is 5.32 Å². The number of nitrogens with zero attached hydrogens (tertiary/aromatic N) is 2. The number of amides is 2. The molecular formula is C18H25N3O2. The lowest BCUT2D eigenvalue weighted by atomic mass is 10.0. The van der Waals surface area contributed by atoms with Crippen LogP contribution in [0.1, 0.15) is 25.3 Å². The minimum Gasteiger partial charge on any atom is -0.343 e. The Hall–Kier alpha value is -1.88. The van der Waals surface area contributed by atoms with E-state index in [1.54, 1.807) is 6.92 Å². The number of anilines is 1. The Morgan fingerprint density at radius 3 is 2.87 bits per heavy atom. The molecule has 5 nitrogen and oxygen atoms in total. The Kier molecular flexibility index (Phi) is 4.66. The van der Waals surface area contributed by atoms with Crippen molar-refractivity contribution in [2.24, 2.45) is 5.92 Å². The van der Waals surface area contributed by atoms with Crippen LogP contribution in [-0.4, -0.2) is 54.3 Å². The molecule has 0 unspecified atom stereocenters. The van der Waals surface area contributed by atoms with Crippen LogP contribution in [0.15, 0.2) is 24.3 Å². The molecule has 0 bridgehead atoms. The molecular weight excluding hydrogens is 290 g/mol. The van der Waals surface area contributed by atoms with Gasteiger partial charge in [-0.05, 0) is 43.9 Å². The summed E-state index contributed by atoms with van der Waals surface area (Å²) >= 11 is 0. The highest BCUT2D eigenvalue weighted by Crippen LogP contribution is 2.25. The van der Waals surface area contributed by atoms with Gasteiger partial charge in [0.2, 0.25) is 11.8 Å². The molecule has 0 spiro atoms. The van der Waals surface area contributed by atoms with Crippen LogP contribution in [0.5, 0.6) is 0 Å². The van der Waals surface area contributed by atoms with Crippen LogP contribution in [0.4, 0.5) is 5.69 Å². The first kappa shape index (κ1) is 16.0. The predicted octanol–water partition coefficient (Wildman–Crippen LogP) is 1.74. The van der Waals surface area contributed by atoms with Crippen molar-refractivity contribution in [2.45, 2.75) is 32.2 Å². The van der Waals surface area contributed by atoms with Crippen molar-refractivity contribution in [1.29, 1.82) is 0 Å². The van der Waals surface area contributed by atoms with E-state index < -0.39 is 0 Å². The molecule has 23 heavy (non-hydrogen) atoms. The molecule has 2 aliphatic rings. The van der Waals surface area contributed by atoms with Gasteiger partial charge in [0.25, 0.3) is 0 Å². The number of rotatable bonds is 3. The Balaban J connectivity index is 1.61. The van der Waals surface area contributed by atoms with Gasteiger partial charge >= 0.3 is 0 Å². The molecule has 124 valence electrons. The number of likely N-dealkylation sites (tertiary alicyclic amines) is 1. The summed E-state index contributed by atoms with van der Waals surface area (Å²) in [6, 6.07) is 7.92. The van der Waals surface area contributed by atoms with Gasteiger partial charge in [0, 0.05) is 32.2 Å². The number of para-hydroxylation sites is 1. The van der Waals surface area contributed by atoms with E-state index in [0.29, 0.717) is 5.92 Å². The maximum Gasteiger partial charge on any atom is 0.241 e. The summed E-state index contributed by atoms with van der Waals surface area (Å²) in [7, 11) is 2.02. The van der Waals surface area contributed by atoms with Crippen molar-refractivity contribution in [3.05, 3.63) is 29.8 Å². The minimum atomic E-state index is -0.103. The van der Waals surface area contributed by atoms with Crippen LogP contribution in [0, 0.1) is 5.92 Å². The standard InChI is InChI=1S/C18H25N3O2/c1-13(22)21-10-9-14(12-21)11-20(2)17-8-7-15-5-3-4-6-16(15)19-18(17)23/h3-6,14,17H,7-12H2,1-2H3,(H,19,23)/t14-,17-/m0/s1. The van der Waals surface area contributed by atoms with Gasteiger partial charge in [0.05, 0.1) is 6.04 Å². The van der Waals surface area contributed by atoms with E-state index >= 15 is 0 Å². The van der Waals surface area contributed by atoms with Gasteiger partial charge in [0.15, 0.2) is 0 Å². The summed E-state index contributed by atoms with van der Waals surface area (Å²) in [6.07, 6.45) is 2.77. The fraction of sp³-hybridized carbons (Fsp3) is 0.556. The van der Waals surface area contributed by atoms with Crippen LogP contribution in [-0.2, 0) is 16.0 Å². The topological polar surface area (TPSA) is 52.7 Å². The third-order valence-electron chi connectivity index (χ3n) is 5.07. The first-order valence-corrected chi connectivity index (χ1v) is 8.39. The van der Waals surface area contributed by atoms with Gasteiger partial charge in [-0.15, -0.1) is 0 Å². The van der Waals surface area contributed by atoms with Gasteiger partial charge in [-0.1, -0.05) is 18.2 Å². The van der Waals surface area contributed by atoms with E-state index in [1.165, 1.54) is 5.56 Å². The lowest BCUT2D eigenvalue weighted by Gasteiger charge is -2.28. The first-order valence-electron chi connectivity index (χ1n) is 8.39. The summed E-state index contributed by atoms with van der Waals surface area (Å²) in [5.41, 5.74) is 2.15. The molecule has 1 saturated heterocycles. The summed E-state index contributed by atoms with van der Waals surface area (Å²) in [4.78, 5) is 28.1.